The predicted molar refractivity (Wildman–Crippen MR) is 108 cm³/mol. The van der Waals surface area contributed by atoms with Crippen LogP contribution in [0.5, 0.6) is 5.75 Å². The van der Waals surface area contributed by atoms with Gasteiger partial charge in [0.15, 0.2) is 6.61 Å². The van der Waals surface area contributed by atoms with Gasteiger partial charge in [0.05, 0.1) is 12.8 Å². The number of nitrogens with one attached hydrogen (secondary N) is 1. The number of carbonyl (C=O) groups is 2. The van der Waals surface area contributed by atoms with Crippen molar-refractivity contribution in [1.29, 1.82) is 5.26 Å². The Balaban J connectivity index is 1.96. The van der Waals surface area contributed by atoms with Gasteiger partial charge in [-0.3, -0.25) is 4.79 Å². The molecule has 8 heteroatoms. The molecule has 0 aromatic heterocycles. The summed E-state index contributed by atoms with van der Waals surface area (Å²) in [6.07, 6.45) is 1.38. The SMILES string of the molecule is COc1ccc(/C=C(\C#N)C(=O)OCC(=O)Nc2ccc(Br)cc2Br)cc1. The molecular weight excluding hydrogens is 480 g/mol. The Morgan fingerprint density at radius 3 is 2.48 bits per heavy atom. The molecule has 2 aromatic rings. The number of nitriles is 1. The molecule has 0 aliphatic rings. The highest BCUT2D eigenvalue weighted by atomic mass is 79.9. The second kappa shape index (κ2) is 9.90. The molecule has 1 amide bonds. The molecule has 6 nitrogen and oxygen atoms in total. The van der Waals surface area contributed by atoms with Crippen LogP contribution < -0.4 is 10.1 Å². The minimum Gasteiger partial charge on any atom is -0.497 e. The largest absolute Gasteiger partial charge is 0.497 e. The van der Waals surface area contributed by atoms with Crippen molar-refractivity contribution in [3.8, 4) is 11.8 Å². The fourth-order valence-corrected chi connectivity index (χ4v) is 3.14. The topological polar surface area (TPSA) is 88.4 Å². The number of hydrogen-bond donors (Lipinski definition) is 1. The monoisotopic (exact) mass is 492 g/mol. The minimum atomic E-state index is -0.877. The van der Waals surface area contributed by atoms with E-state index in [0.29, 0.717) is 21.5 Å². The van der Waals surface area contributed by atoms with Crippen molar-refractivity contribution >= 4 is 55.5 Å². The van der Waals surface area contributed by atoms with Gasteiger partial charge in [-0.05, 0) is 57.9 Å². The number of halogens is 2. The number of esters is 1. The summed E-state index contributed by atoms with van der Waals surface area (Å²) in [5.41, 5.74) is 0.957. The van der Waals surface area contributed by atoms with Gasteiger partial charge in [-0.15, -0.1) is 0 Å². The number of benzene rings is 2. The van der Waals surface area contributed by atoms with Crippen LogP contribution in [0.15, 0.2) is 57.0 Å². The average Bonchev–Trinajstić information content (AvgIpc) is 2.67. The van der Waals surface area contributed by atoms with Crippen LogP contribution in [0.4, 0.5) is 5.69 Å². The number of nitrogens with zero attached hydrogens (tertiary/aromatic N) is 1. The summed E-state index contributed by atoms with van der Waals surface area (Å²) in [4.78, 5) is 24.0. The van der Waals surface area contributed by atoms with Crippen molar-refractivity contribution in [2.24, 2.45) is 0 Å². The Morgan fingerprint density at radius 1 is 1.19 bits per heavy atom. The number of rotatable bonds is 6. The predicted octanol–water partition coefficient (Wildman–Crippen LogP) is 4.31. The molecule has 1 N–H and O–H groups in total. The molecule has 0 heterocycles. The Morgan fingerprint density at radius 2 is 1.89 bits per heavy atom. The zero-order valence-corrected chi connectivity index (χ0v) is 17.3. The van der Waals surface area contributed by atoms with Crippen LogP contribution in [-0.2, 0) is 14.3 Å². The van der Waals surface area contributed by atoms with Crippen molar-refractivity contribution in [3.63, 3.8) is 0 Å². The molecule has 27 heavy (non-hydrogen) atoms. The highest BCUT2D eigenvalue weighted by molar-refractivity contribution is 9.11. The molecule has 0 saturated heterocycles. The van der Waals surface area contributed by atoms with Crippen LogP contribution in [0.3, 0.4) is 0 Å². The molecule has 0 radical (unpaired) electrons. The molecule has 2 aromatic carbocycles. The van der Waals surface area contributed by atoms with E-state index in [1.54, 1.807) is 55.6 Å². The van der Waals surface area contributed by atoms with Crippen LogP contribution >= 0.6 is 31.9 Å². The van der Waals surface area contributed by atoms with E-state index in [0.717, 1.165) is 4.47 Å². The summed E-state index contributed by atoms with van der Waals surface area (Å²) in [5.74, 6) is -0.740. The maximum Gasteiger partial charge on any atom is 0.349 e. The first-order valence-electron chi connectivity index (χ1n) is 7.61. The molecular formula is C19H14Br2N2O4. The standard InChI is InChI=1S/C19H14Br2N2O4/c1-26-15-5-2-12(3-6-15)8-13(10-22)19(25)27-11-18(24)23-17-7-4-14(20)9-16(17)21/h2-9H,11H2,1H3,(H,23,24)/b13-8+. The third kappa shape index (κ3) is 6.24. The van der Waals surface area contributed by atoms with Crippen LogP contribution in [-0.4, -0.2) is 25.6 Å². The van der Waals surface area contributed by atoms with Crippen molar-refractivity contribution in [2.45, 2.75) is 0 Å². The van der Waals surface area contributed by atoms with Crippen molar-refractivity contribution < 1.29 is 19.1 Å². The van der Waals surface area contributed by atoms with E-state index in [1.807, 2.05) is 0 Å². The zero-order chi connectivity index (χ0) is 19.8. The van der Waals surface area contributed by atoms with Crippen LogP contribution in [0.1, 0.15) is 5.56 Å². The van der Waals surface area contributed by atoms with E-state index in [4.69, 9.17) is 14.7 Å². The summed E-state index contributed by atoms with van der Waals surface area (Å²) in [6.45, 7) is -0.511. The second-order valence-corrected chi connectivity index (χ2v) is 6.96. The van der Waals surface area contributed by atoms with Gasteiger partial charge in [-0.25, -0.2) is 4.79 Å². The lowest BCUT2D eigenvalue weighted by atomic mass is 10.1. The Hall–Kier alpha value is -2.63. The molecule has 0 bridgehead atoms. The molecule has 0 saturated carbocycles. The molecule has 0 aliphatic carbocycles. The van der Waals surface area contributed by atoms with Gasteiger partial charge in [-0.2, -0.15) is 5.26 Å². The van der Waals surface area contributed by atoms with Crippen molar-refractivity contribution in [2.75, 3.05) is 19.0 Å². The Kier molecular flexibility index (Phi) is 7.58. The maximum atomic E-state index is 12.0. The number of carbonyl (C=O) groups excluding carboxylic acids is 2. The first kappa shape index (κ1) is 20.7. The molecule has 2 rings (SSSR count). The van der Waals surface area contributed by atoms with Crippen molar-refractivity contribution in [1.82, 2.24) is 0 Å². The maximum absolute atomic E-state index is 12.0. The fraction of sp³-hybridized carbons (Fsp3) is 0.105. The van der Waals surface area contributed by atoms with Gasteiger partial charge in [0.2, 0.25) is 0 Å². The summed E-state index contributed by atoms with van der Waals surface area (Å²) < 4.78 is 11.5. The van der Waals surface area contributed by atoms with E-state index in [-0.39, 0.29) is 5.57 Å². The fourth-order valence-electron chi connectivity index (χ4n) is 1.99. The number of methoxy groups -OCH3 is 1. The molecule has 0 aliphatic heterocycles. The van der Waals surface area contributed by atoms with Gasteiger partial charge in [0.25, 0.3) is 5.91 Å². The third-order valence-corrected chi connectivity index (χ3v) is 4.46. The number of amides is 1. The van der Waals surface area contributed by atoms with E-state index in [1.165, 1.54) is 6.08 Å². The van der Waals surface area contributed by atoms with Crippen LogP contribution in [0.25, 0.3) is 6.08 Å². The third-order valence-electron chi connectivity index (χ3n) is 3.31. The van der Waals surface area contributed by atoms with Gasteiger partial charge >= 0.3 is 5.97 Å². The van der Waals surface area contributed by atoms with Gasteiger partial charge < -0.3 is 14.8 Å². The van der Waals surface area contributed by atoms with E-state index in [2.05, 4.69) is 37.2 Å². The summed E-state index contributed by atoms with van der Waals surface area (Å²) >= 11 is 6.64. The summed E-state index contributed by atoms with van der Waals surface area (Å²) in [5, 5.41) is 11.8. The molecule has 0 fully saturated rings. The Labute approximate surface area is 173 Å². The lowest BCUT2D eigenvalue weighted by Crippen LogP contribution is -2.21. The van der Waals surface area contributed by atoms with E-state index >= 15 is 0 Å². The average molecular weight is 494 g/mol. The molecule has 138 valence electrons. The van der Waals surface area contributed by atoms with Crippen LogP contribution in [0, 0.1) is 11.3 Å². The highest BCUT2D eigenvalue weighted by Crippen LogP contribution is 2.26. The van der Waals surface area contributed by atoms with E-state index < -0.39 is 18.5 Å². The second-order valence-electron chi connectivity index (χ2n) is 5.19. The van der Waals surface area contributed by atoms with Crippen LogP contribution in [0.2, 0.25) is 0 Å². The van der Waals surface area contributed by atoms with Crippen molar-refractivity contribution in [3.05, 3.63) is 62.5 Å². The first-order valence-corrected chi connectivity index (χ1v) is 9.19. The van der Waals surface area contributed by atoms with Gasteiger partial charge in [-0.1, -0.05) is 28.1 Å². The quantitative estimate of drug-likeness (QED) is 0.368. The Bertz CT molecular complexity index is 918. The molecule has 0 spiro atoms. The normalized spacial score (nSPS) is 10.7. The summed E-state index contributed by atoms with van der Waals surface area (Å²) in [7, 11) is 1.54. The number of anilines is 1. The lowest BCUT2D eigenvalue weighted by molar-refractivity contribution is -0.142. The zero-order valence-electron chi connectivity index (χ0n) is 14.2. The lowest BCUT2D eigenvalue weighted by Gasteiger charge is -2.08. The number of hydrogen-bond acceptors (Lipinski definition) is 5. The van der Waals surface area contributed by atoms with Gasteiger partial charge in [0.1, 0.15) is 17.4 Å². The molecule has 0 unspecified atom stereocenters. The van der Waals surface area contributed by atoms with E-state index in [9.17, 15) is 9.59 Å². The molecule has 0 atom stereocenters. The minimum absolute atomic E-state index is 0.210. The number of ether oxygens (including phenoxy) is 2. The highest BCUT2D eigenvalue weighted by Gasteiger charge is 2.14. The summed E-state index contributed by atoms with van der Waals surface area (Å²) in [6, 6.07) is 13.8. The first-order chi connectivity index (χ1) is 12.9. The smallest absolute Gasteiger partial charge is 0.349 e. The van der Waals surface area contributed by atoms with Gasteiger partial charge in [0, 0.05) is 8.95 Å².